The van der Waals surface area contributed by atoms with E-state index in [1.165, 1.54) is 7.11 Å². The van der Waals surface area contributed by atoms with Gasteiger partial charge in [0.1, 0.15) is 12.1 Å². The smallest absolute Gasteiger partial charge is 0.306 e. The number of ether oxygens (including phenoxy) is 2. The predicted molar refractivity (Wildman–Crippen MR) is 105 cm³/mol. The van der Waals surface area contributed by atoms with Crippen molar-refractivity contribution in [1.29, 1.82) is 0 Å². The number of benzene rings is 1. The van der Waals surface area contributed by atoms with Crippen LogP contribution in [0, 0.1) is 0 Å². The number of hydrogen-bond donors (Lipinski definition) is 2. The highest BCUT2D eigenvalue weighted by atomic mass is 32.2. The lowest BCUT2D eigenvalue weighted by molar-refractivity contribution is 0.0992. The number of rotatable bonds is 10. The molecule has 0 aliphatic heterocycles. The molecule has 156 valence electrons. The second kappa shape index (κ2) is 9.03. The highest BCUT2D eigenvalue weighted by molar-refractivity contribution is 7.86. The fourth-order valence-electron chi connectivity index (χ4n) is 2.59. The van der Waals surface area contributed by atoms with Crippen LogP contribution < -0.4 is 14.2 Å². The summed E-state index contributed by atoms with van der Waals surface area (Å²) in [5.74, 6) is 0.887. The van der Waals surface area contributed by atoms with Crippen molar-refractivity contribution >= 4 is 26.8 Å². The molecule has 0 unspecified atom stereocenters. The molecular weight excluding hydrogens is 402 g/mol. The van der Waals surface area contributed by atoms with Crippen LogP contribution in [0.5, 0.6) is 11.5 Å². The molecule has 0 saturated heterocycles. The Kier molecular flexibility index (Phi) is 6.46. The number of nitrogens with one attached hydrogen (secondary N) is 1. The first-order valence-corrected chi connectivity index (χ1v) is 10.4. The SMILES string of the molecule is COc1ccc2nc(-n3ccnc3)nc(NCCOCCO)c2c1OS(C)(=O)=O. The Hall–Kier alpha value is -2.96. The molecule has 1 aromatic carbocycles. The van der Waals surface area contributed by atoms with Crippen molar-refractivity contribution in [2.24, 2.45) is 0 Å². The van der Waals surface area contributed by atoms with Crippen LogP contribution in [-0.2, 0) is 14.9 Å². The van der Waals surface area contributed by atoms with Crippen molar-refractivity contribution in [2.75, 3.05) is 45.0 Å². The average molecular weight is 423 g/mol. The van der Waals surface area contributed by atoms with E-state index in [1.807, 2.05) is 0 Å². The van der Waals surface area contributed by atoms with E-state index in [0.29, 0.717) is 35.8 Å². The van der Waals surface area contributed by atoms with E-state index in [1.54, 1.807) is 35.4 Å². The molecule has 0 saturated carbocycles. The maximum Gasteiger partial charge on any atom is 0.306 e. The Morgan fingerprint density at radius 1 is 1.24 bits per heavy atom. The van der Waals surface area contributed by atoms with E-state index in [-0.39, 0.29) is 24.7 Å². The standard InChI is InChI=1S/C17H21N5O6S/c1-26-13-4-3-12-14(15(13)28-29(2,24)25)16(19-6-9-27-10-8-23)21-17(20-12)22-7-5-18-11-22/h3-5,7,11,23H,6,8-10H2,1-2H3,(H,19,20,21). The van der Waals surface area contributed by atoms with Crippen molar-refractivity contribution in [3.05, 3.63) is 30.9 Å². The van der Waals surface area contributed by atoms with E-state index in [0.717, 1.165) is 6.26 Å². The van der Waals surface area contributed by atoms with Gasteiger partial charge in [-0.15, -0.1) is 0 Å². The molecule has 29 heavy (non-hydrogen) atoms. The van der Waals surface area contributed by atoms with Crippen LogP contribution in [0.3, 0.4) is 0 Å². The highest BCUT2D eigenvalue weighted by Gasteiger charge is 2.21. The summed E-state index contributed by atoms with van der Waals surface area (Å²) in [7, 11) is -2.43. The molecule has 11 nitrogen and oxygen atoms in total. The third-order valence-electron chi connectivity index (χ3n) is 3.73. The van der Waals surface area contributed by atoms with Crippen molar-refractivity contribution < 1.29 is 27.2 Å². The Labute approximate surface area is 167 Å². The molecule has 0 aliphatic carbocycles. The van der Waals surface area contributed by atoms with Crippen LogP contribution in [0.4, 0.5) is 5.82 Å². The quantitative estimate of drug-likeness (QED) is 0.352. The first-order chi connectivity index (χ1) is 13.9. The van der Waals surface area contributed by atoms with E-state index >= 15 is 0 Å². The molecule has 2 heterocycles. The summed E-state index contributed by atoms with van der Waals surface area (Å²) in [4.78, 5) is 13.0. The maximum absolute atomic E-state index is 11.8. The molecule has 3 aromatic rings. The molecule has 0 bridgehead atoms. The molecular formula is C17H21N5O6S. The zero-order chi connectivity index (χ0) is 20.9. The number of imidazole rings is 1. The largest absolute Gasteiger partial charge is 0.493 e. The van der Waals surface area contributed by atoms with Crippen molar-refractivity contribution in [2.45, 2.75) is 0 Å². The zero-order valence-corrected chi connectivity index (χ0v) is 16.7. The number of aromatic nitrogens is 4. The maximum atomic E-state index is 11.8. The first kappa shape index (κ1) is 20.8. The van der Waals surface area contributed by atoms with Gasteiger partial charge in [-0.1, -0.05) is 0 Å². The van der Waals surface area contributed by atoms with Gasteiger partial charge in [-0.25, -0.2) is 9.97 Å². The van der Waals surface area contributed by atoms with E-state index in [2.05, 4.69) is 20.3 Å². The number of aliphatic hydroxyl groups excluding tert-OH is 1. The number of methoxy groups -OCH3 is 1. The predicted octanol–water partition coefficient (Wildman–Crippen LogP) is 0.583. The topological polar surface area (TPSA) is 138 Å². The third kappa shape index (κ3) is 5.10. The Balaban J connectivity index is 2.12. The molecule has 12 heteroatoms. The Morgan fingerprint density at radius 2 is 2.07 bits per heavy atom. The van der Waals surface area contributed by atoms with Crippen LogP contribution in [0.1, 0.15) is 0 Å². The fraction of sp³-hybridized carbons (Fsp3) is 0.353. The molecule has 0 fully saturated rings. The zero-order valence-electron chi connectivity index (χ0n) is 15.9. The third-order valence-corrected chi connectivity index (χ3v) is 4.20. The summed E-state index contributed by atoms with van der Waals surface area (Å²) >= 11 is 0. The minimum absolute atomic E-state index is 0.0107. The number of aliphatic hydroxyl groups is 1. The Bertz CT molecular complexity index is 1070. The van der Waals surface area contributed by atoms with E-state index < -0.39 is 10.1 Å². The molecule has 0 amide bonds. The molecule has 3 rings (SSSR count). The monoisotopic (exact) mass is 423 g/mol. The summed E-state index contributed by atoms with van der Waals surface area (Å²) in [5, 5.41) is 12.3. The number of fused-ring (bicyclic) bond motifs is 1. The van der Waals surface area contributed by atoms with Gasteiger partial charge >= 0.3 is 10.1 Å². The molecule has 2 aromatic heterocycles. The van der Waals surface area contributed by atoms with Gasteiger partial charge in [0.05, 0.1) is 44.1 Å². The summed E-state index contributed by atoms with van der Waals surface area (Å²) in [5.41, 5.74) is 0.446. The van der Waals surface area contributed by atoms with Crippen molar-refractivity contribution in [1.82, 2.24) is 19.5 Å². The number of nitrogens with zero attached hydrogens (tertiary/aromatic N) is 4. The summed E-state index contributed by atoms with van der Waals surface area (Å²) < 4.78 is 41.0. The normalized spacial score (nSPS) is 11.6. The van der Waals surface area contributed by atoms with Gasteiger partial charge in [-0.2, -0.15) is 13.4 Å². The Morgan fingerprint density at radius 3 is 2.72 bits per heavy atom. The van der Waals surface area contributed by atoms with Crippen LogP contribution >= 0.6 is 0 Å². The first-order valence-electron chi connectivity index (χ1n) is 8.62. The molecule has 0 aliphatic rings. The fourth-order valence-corrected chi connectivity index (χ4v) is 3.06. The van der Waals surface area contributed by atoms with Crippen LogP contribution in [-0.4, -0.2) is 72.8 Å². The van der Waals surface area contributed by atoms with E-state index in [9.17, 15) is 8.42 Å². The lowest BCUT2D eigenvalue weighted by atomic mass is 10.2. The molecule has 0 radical (unpaired) electrons. The molecule has 2 N–H and O–H groups in total. The van der Waals surface area contributed by atoms with Gasteiger partial charge in [-0.3, -0.25) is 4.57 Å². The molecule has 0 atom stereocenters. The lowest BCUT2D eigenvalue weighted by Gasteiger charge is -2.16. The second-order valence-electron chi connectivity index (χ2n) is 5.88. The minimum atomic E-state index is -3.83. The summed E-state index contributed by atoms with van der Waals surface area (Å²) in [6.45, 7) is 0.789. The van der Waals surface area contributed by atoms with Crippen LogP contribution in [0.2, 0.25) is 0 Å². The van der Waals surface area contributed by atoms with E-state index in [4.69, 9.17) is 18.8 Å². The minimum Gasteiger partial charge on any atom is -0.493 e. The number of hydrogen-bond acceptors (Lipinski definition) is 10. The summed E-state index contributed by atoms with van der Waals surface area (Å²) in [6, 6.07) is 3.25. The molecule has 0 spiro atoms. The van der Waals surface area contributed by atoms with Gasteiger partial charge in [0.2, 0.25) is 5.95 Å². The van der Waals surface area contributed by atoms with Gasteiger partial charge in [-0.05, 0) is 12.1 Å². The van der Waals surface area contributed by atoms with Crippen molar-refractivity contribution in [3.8, 4) is 17.4 Å². The van der Waals surface area contributed by atoms with Gasteiger partial charge in [0, 0.05) is 18.9 Å². The van der Waals surface area contributed by atoms with Gasteiger partial charge in [0.25, 0.3) is 0 Å². The van der Waals surface area contributed by atoms with Crippen molar-refractivity contribution in [3.63, 3.8) is 0 Å². The van der Waals surface area contributed by atoms with Gasteiger partial charge < -0.3 is 24.1 Å². The van der Waals surface area contributed by atoms with Gasteiger partial charge in [0.15, 0.2) is 11.5 Å². The summed E-state index contributed by atoms with van der Waals surface area (Å²) in [6.07, 6.45) is 5.77. The number of anilines is 1. The average Bonchev–Trinajstić information content (AvgIpc) is 3.21. The second-order valence-corrected chi connectivity index (χ2v) is 7.46. The highest BCUT2D eigenvalue weighted by Crippen LogP contribution is 2.39. The lowest BCUT2D eigenvalue weighted by Crippen LogP contribution is -2.14. The van der Waals surface area contributed by atoms with Crippen LogP contribution in [0.15, 0.2) is 30.9 Å². The van der Waals surface area contributed by atoms with Crippen LogP contribution in [0.25, 0.3) is 16.9 Å².